The lowest BCUT2D eigenvalue weighted by Crippen LogP contribution is -2.47. The van der Waals surface area contributed by atoms with Gasteiger partial charge < -0.3 is 19.7 Å². The van der Waals surface area contributed by atoms with Crippen molar-refractivity contribution in [3.8, 4) is 0 Å². The maximum atomic E-state index is 12.2. The summed E-state index contributed by atoms with van der Waals surface area (Å²) in [5.74, 6) is -1.60. The Hall–Kier alpha value is -2.32. The lowest BCUT2D eigenvalue weighted by molar-refractivity contribution is -0.159. The zero-order valence-electron chi connectivity index (χ0n) is 17.0. The van der Waals surface area contributed by atoms with Crippen molar-refractivity contribution < 1.29 is 28.7 Å². The molecule has 154 valence electrons. The second kappa shape index (κ2) is 9.57. The molecular weight excluding hydrogens is 354 g/mol. The number of nitrogens with zero attached hydrogens (tertiary/aromatic N) is 1. The van der Waals surface area contributed by atoms with Gasteiger partial charge in [0.25, 0.3) is 5.91 Å². The Kier molecular flexibility index (Phi) is 8.05. The fourth-order valence-electron chi connectivity index (χ4n) is 2.46. The van der Waals surface area contributed by atoms with E-state index in [2.05, 4.69) is 10.6 Å². The first-order valence-electron chi connectivity index (χ1n) is 9.19. The second-order valence-electron chi connectivity index (χ2n) is 7.94. The zero-order valence-corrected chi connectivity index (χ0v) is 17.0. The second-order valence-corrected chi connectivity index (χ2v) is 7.94. The minimum absolute atomic E-state index is 0.120. The summed E-state index contributed by atoms with van der Waals surface area (Å²) in [6.07, 6.45) is -0.627. The number of hydrogen-bond donors (Lipinski definition) is 2. The Morgan fingerprint density at radius 1 is 1.04 bits per heavy atom. The molecule has 0 unspecified atom stereocenters. The summed E-state index contributed by atoms with van der Waals surface area (Å²) in [5, 5.41) is 4.64. The smallest absolute Gasteiger partial charge is 0.410 e. The number of rotatable bonds is 4. The van der Waals surface area contributed by atoms with Gasteiger partial charge in [0.1, 0.15) is 5.60 Å². The molecule has 0 aromatic heterocycles. The monoisotopic (exact) mass is 385 g/mol. The predicted octanol–water partition coefficient (Wildman–Crippen LogP) is 1.80. The van der Waals surface area contributed by atoms with Gasteiger partial charge in [0, 0.05) is 19.1 Å². The fraction of sp³-hybridized carbons (Fsp3) is 0.778. The topological polar surface area (TPSA) is 114 Å². The van der Waals surface area contributed by atoms with Crippen molar-refractivity contribution in [3.05, 3.63) is 0 Å². The Labute approximate surface area is 160 Å². The number of carbonyl (C=O) groups is 4. The molecule has 0 radical (unpaired) electrons. The molecule has 1 aliphatic rings. The molecule has 27 heavy (non-hydrogen) atoms. The highest BCUT2D eigenvalue weighted by molar-refractivity contribution is 5.97. The predicted molar refractivity (Wildman–Crippen MR) is 97.9 cm³/mol. The molecule has 0 bridgehead atoms. The molecule has 1 fully saturated rings. The lowest BCUT2D eigenvalue weighted by atomic mass is 9.97. The summed E-state index contributed by atoms with van der Waals surface area (Å²) in [7, 11) is 0. The molecule has 9 nitrogen and oxygen atoms in total. The maximum absolute atomic E-state index is 12.2. The van der Waals surface area contributed by atoms with Crippen LogP contribution in [-0.2, 0) is 19.1 Å². The third-order valence-electron chi connectivity index (χ3n) is 3.80. The summed E-state index contributed by atoms with van der Waals surface area (Å²) in [4.78, 5) is 49.3. The van der Waals surface area contributed by atoms with Gasteiger partial charge in [0.15, 0.2) is 6.10 Å². The molecular formula is C18H31N3O6. The Balaban J connectivity index is 2.43. The molecule has 2 N–H and O–H groups in total. The first-order chi connectivity index (χ1) is 12.4. The highest BCUT2D eigenvalue weighted by atomic mass is 16.6. The van der Waals surface area contributed by atoms with Crippen LogP contribution < -0.4 is 10.6 Å². The van der Waals surface area contributed by atoms with Crippen molar-refractivity contribution >= 4 is 24.0 Å². The number of carbonyl (C=O) groups excluding carboxylic acids is 4. The fourth-order valence-corrected chi connectivity index (χ4v) is 2.46. The molecule has 1 atom stereocenters. The van der Waals surface area contributed by atoms with Gasteiger partial charge in [0.2, 0.25) is 0 Å². The Morgan fingerprint density at radius 3 is 2.07 bits per heavy atom. The largest absolute Gasteiger partial charge is 0.452 e. The van der Waals surface area contributed by atoms with Crippen molar-refractivity contribution in [1.82, 2.24) is 15.5 Å². The van der Waals surface area contributed by atoms with E-state index in [1.807, 2.05) is 0 Å². The van der Waals surface area contributed by atoms with Crippen LogP contribution in [0.25, 0.3) is 0 Å². The van der Waals surface area contributed by atoms with Gasteiger partial charge in [0.05, 0.1) is 5.92 Å². The number of urea groups is 1. The molecule has 9 heteroatoms. The molecule has 0 saturated carbocycles. The normalized spacial score (nSPS) is 16.5. The summed E-state index contributed by atoms with van der Waals surface area (Å²) < 4.78 is 10.5. The number of esters is 1. The Morgan fingerprint density at radius 2 is 1.59 bits per heavy atom. The van der Waals surface area contributed by atoms with E-state index in [-0.39, 0.29) is 6.04 Å². The number of ether oxygens (including phenoxy) is 2. The van der Waals surface area contributed by atoms with Crippen LogP contribution in [0.15, 0.2) is 0 Å². The SMILES string of the molecule is CC(C)NC(=O)NC(=O)[C@@H](C)OC(=O)C1CCN(C(=O)OC(C)(C)C)CC1. The van der Waals surface area contributed by atoms with E-state index in [0.29, 0.717) is 25.9 Å². The van der Waals surface area contributed by atoms with Gasteiger partial charge in [-0.1, -0.05) is 0 Å². The average molecular weight is 385 g/mol. The van der Waals surface area contributed by atoms with Gasteiger partial charge in [-0.05, 0) is 54.4 Å². The zero-order chi connectivity index (χ0) is 20.8. The van der Waals surface area contributed by atoms with E-state index < -0.39 is 41.6 Å². The van der Waals surface area contributed by atoms with Crippen molar-refractivity contribution in [3.63, 3.8) is 0 Å². The molecule has 1 aliphatic heterocycles. The van der Waals surface area contributed by atoms with Gasteiger partial charge in [-0.2, -0.15) is 0 Å². The number of amides is 4. The van der Waals surface area contributed by atoms with Crippen molar-refractivity contribution in [2.45, 2.75) is 72.1 Å². The van der Waals surface area contributed by atoms with E-state index >= 15 is 0 Å². The minimum atomic E-state index is -1.08. The molecule has 1 saturated heterocycles. The van der Waals surface area contributed by atoms with E-state index in [1.54, 1.807) is 39.5 Å². The number of likely N-dealkylation sites (tertiary alicyclic amines) is 1. The maximum Gasteiger partial charge on any atom is 0.410 e. The molecule has 4 amide bonds. The van der Waals surface area contributed by atoms with Crippen LogP contribution >= 0.6 is 0 Å². The van der Waals surface area contributed by atoms with Crippen molar-refractivity contribution in [2.75, 3.05) is 13.1 Å². The molecule has 0 aliphatic carbocycles. The summed E-state index contributed by atoms with van der Waals surface area (Å²) >= 11 is 0. The number of hydrogen-bond acceptors (Lipinski definition) is 6. The minimum Gasteiger partial charge on any atom is -0.452 e. The van der Waals surface area contributed by atoms with Crippen molar-refractivity contribution in [2.24, 2.45) is 5.92 Å². The Bertz CT molecular complexity index is 562. The molecule has 1 rings (SSSR count). The van der Waals surface area contributed by atoms with Crippen LogP contribution in [0.2, 0.25) is 0 Å². The third-order valence-corrected chi connectivity index (χ3v) is 3.80. The summed E-state index contributed by atoms with van der Waals surface area (Å²) in [6.45, 7) is 11.1. The van der Waals surface area contributed by atoms with Gasteiger partial charge in [-0.25, -0.2) is 9.59 Å². The van der Waals surface area contributed by atoms with E-state index in [9.17, 15) is 19.2 Å². The van der Waals surface area contributed by atoms with E-state index in [4.69, 9.17) is 9.47 Å². The van der Waals surface area contributed by atoms with E-state index in [0.717, 1.165) is 0 Å². The number of imide groups is 1. The highest BCUT2D eigenvalue weighted by Gasteiger charge is 2.32. The number of nitrogens with one attached hydrogen (secondary N) is 2. The molecule has 1 heterocycles. The third kappa shape index (κ3) is 8.27. The van der Waals surface area contributed by atoms with Crippen LogP contribution in [0.4, 0.5) is 9.59 Å². The van der Waals surface area contributed by atoms with Crippen LogP contribution in [0.1, 0.15) is 54.4 Å². The van der Waals surface area contributed by atoms with Gasteiger partial charge in [-0.3, -0.25) is 14.9 Å². The summed E-state index contributed by atoms with van der Waals surface area (Å²) in [5.41, 5.74) is -0.572. The van der Waals surface area contributed by atoms with Gasteiger partial charge in [-0.15, -0.1) is 0 Å². The van der Waals surface area contributed by atoms with Crippen LogP contribution in [0.5, 0.6) is 0 Å². The standard InChI is InChI=1S/C18H31N3O6/c1-11(2)19-16(24)20-14(22)12(3)26-15(23)13-7-9-21(10-8-13)17(25)27-18(4,5)6/h11-13H,7-10H2,1-6H3,(H2,19,20,22,24)/t12-/m1/s1. The van der Waals surface area contributed by atoms with Gasteiger partial charge >= 0.3 is 18.1 Å². The number of piperidine rings is 1. The lowest BCUT2D eigenvalue weighted by Gasteiger charge is -2.32. The molecule has 0 aromatic carbocycles. The van der Waals surface area contributed by atoms with Crippen LogP contribution in [0.3, 0.4) is 0 Å². The summed E-state index contributed by atoms with van der Waals surface area (Å²) in [6, 6.07) is -0.755. The van der Waals surface area contributed by atoms with Crippen LogP contribution in [-0.4, -0.2) is 59.7 Å². The van der Waals surface area contributed by atoms with Crippen molar-refractivity contribution in [1.29, 1.82) is 0 Å². The van der Waals surface area contributed by atoms with Crippen LogP contribution in [0, 0.1) is 5.92 Å². The first-order valence-corrected chi connectivity index (χ1v) is 9.19. The van der Waals surface area contributed by atoms with E-state index in [1.165, 1.54) is 6.92 Å². The first kappa shape index (κ1) is 22.7. The molecule has 0 aromatic rings. The average Bonchev–Trinajstić information content (AvgIpc) is 2.52. The quantitative estimate of drug-likeness (QED) is 0.713. The highest BCUT2D eigenvalue weighted by Crippen LogP contribution is 2.21. The molecule has 0 spiro atoms.